The first-order valence-electron chi connectivity index (χ1n) is 7.18. The van der Waals surface area contributed by atoms with Crippen molar-refractivity contribution in [1.29, 1.82) is 0 Å². The smallest absolute Gasteiger partial charge is 0.123 e. The van der Waals surface area contributed by atoms with Crippen molar-refractivity contribution in [3.05, 3.63) is 29.0 Å². The van der Waals surface area contributed by atoms with Crippen LogP contribution in [-0.2, 0) is 13.6 Å². The van der Waals surface area contributed by atoms with Gasteiger partial charge in [0.15, 0.2) is 0 Å². The SMILES string of the molecule is CNC1CCCN(Cc2nc3ccc(Cl)cc3n2C)C1.Cl. The summed E-state index contributed by atoms with van der Waals surface area (Å²) >= 11 is 6.07. The van der Waals surface area contributed by atoms with Crippen molar-refractivity contribution in [2.24, 2.45) is 7.05 Å². The maximum atomic E-state index is 6.07. The number of halogens is 2. The number of hydrogen-bond donors (Lipinski definition) is 1. The van der Waals surface area contributed by atoms with Crippen LogP contribution in [0.1, 0.15) is 18.7 Å². The van der Waals surface area contributed by atoms with Crippen LogP contribution in [-0.4, -0.2) is 40.6 Å². The Labute approximate surface area is 136 Å². The second kappa shape index (κ2) is 6.97. The van der Waals surface area contributed by atoms with Crippen LogP contribution in [0, 0.1) is 0 Å². The van der Waals surface area contributed by atoms with Gasteiger partial charge < -0.3 is 9.88 Å². The molecular formula is C15H22Cl2N4. The fourth-order valence-electron chi connectivity index (χ4n) is 2.99. The number of fused-ring (bicyclic) bond motifs is 1. The van der Waals surface area contributed by atoms with Crippen LogP contribution < -0.4 is 5.32 Å². The maximum absolute atomic E-state index is 6.07. The van der Waals surface area contributed by atoms with Gasteiger partial charge in [-0.15, -0.1) is 12.4 Å². The molecule has 1 unspecified atom stereocenters. The molecular weight excluding hydrogens is 307 g/mol. The summed E-state index contributed by atoms with van der Waals surface area (Å²) < 4.78 is 2.16. The summed E-state index contributed by atoms with van der Waals surface area (Å²) in [7, 11) is 4.12. The molecule has 1 atom stereocenters. The Morgan fingerprint density at radius 2 is 2.24 bits per heavy atom. The van der Waals surface area contributed by atoms with E-state index in [2.05, 4.69) is 21.8 Å². The summed E-state index contributed by atoms with van der Waals surface area (Å²) in [5.41, 5.74) is 2.13. The molecule has 1 N–H and O–H groups in total. The Balaban J connectivity index is 0.00000161. The van der Waals surface area contributed by atoms with E-state index in [0.29, 0.717) is 6.04 Å². The molecule has 1 aromatic carbocycles. The number of hydrogen-bond acceptors (Lipinski definition) is 3. The largest absolute Gasteiger partial charge is 0.330 e. The van der Waals surface area contributed by atoms with E-state index in [1.165, 1.54) is 12.8 Å². The number of benzene rings is 1. The summed E-state index contributed by atoms with van der Waals surface area (Å²) in [6.45, 7) is 3.16. The molecule has 6 heteroatoms. The number of nitrogens with one attached hydrogen (secondary N) is 1. The predicted octanol–water partition coefficient (Wildman–Crippen LogP) is 2.83. The second-order valence-corrected chi connectivity index (χ2v) is 6.02. The van der Waals surface area contributed by atoms with Crippen molar-refractivity contribution in [3.63, 3.8) is 0 Å². The molecule has 3 rings (SSSR count). The number of likely N-dealkylation sites (N-methyl/N-ethyl adjacent to an activating group) is 1. The van der Waals surface area contributed by atoms with Crippen LogP contribution >= 0.6 is 24.0 Å². The average molecular weight is 329 g/mol. The van der Waals surface area contributed by atoms with E-state index in [1.54, 1.807) is 0 Å². The fourth-order valence-corrected chi connectivity index (χ4v) is 3.16. The van der Waals surface area contributed by atoms with Crippen LogP contribution in [0.15, 0.2) is 18.2 Å². The van der Waals surface area contributed by atoms with Gasteiger partial charge in [-0.1, -0.05) is 11.6 Å². The van der Waals surface area contributed by atoms with Gasteiger partial charge in [0, 0.05) is 24.7 Å². The molecule has 0 bridgehead atoms. The number of aromatic nitrogens is 2. The number of piperidine rings is 1. The van der Waals surface area contributed by atoms with Crippen LogP contribution in [0.2, 0.25) is 5.02 Å². The highest BCUT2D eigenvalue weighted by molar-refractivity contribution is 6.31. The van der Waals surface area contributed by atoms with E-state index in [1.807, 2.05) is 25.2 Å². The lowest BCUT2D eigenvalue weighted by Crippen LogP contribution is -2.44. The Hall–Kier alpha value is -0.810. The van der Waals surface area contributed by atoms with Crippen molar-refractivity contribution >= 4 is 35.0 Å². The molecule has 0 radical (unpaired) electrons. The van der Waals surface area contributed by atoms with E-state index in [0.717, 1.165) is 41.5 Å². The predicted molar refractivity (Wildman–Crippen MR) is 90.3 cm³/mol. The molecule has 1 aromatic heterocycles. The Kier molecular flexibility index (Phi) is 5.49. The normalized spacial score (nSPS) is 19.7. The van der Waals surface area contributed by atoms with Gasteiger partial charge in [-0.25, -0.2) is 4.98 Å². The lowest BCUT2D eigenvalue weighted by atomic mass is 10.1. The fraction of sp³-hybridized carbons (Fsp3) is 0.533. The van der Waals surface area contributed by atoms with Crippen molar-refractivity contribution < 1.29 is 0 Å². The quantitative estimate of drug-likeness (QED) is 0.940. The highest BCUT2D eigenvalue weighted by Gasteiger charge is 2.20. The number of rotatable bonds is 3. The third-order valence-corrected chi connectivity index (χ3v) is 4.45. The minimum absolute atomic E-state index is 0. The zero-order chi connectivity index (χ0) is 14.1. The standard InChI is InChI=1S/C15H21ClN4.ClH/c1-17-12-4-3-7-20(9-12)10-15-18-13-6-5-11(16)8-14(13)19(15)2;/h5-6,8,12,17H,3-4,7,9-10H2,1-2H3;1H. The monoisotopic (exact) mass is 328 g/mol. The molecule has 1 aliphatic heterocycles. The lowest BCUT2D eigenvalue weighted by Gasteiger charge is -2.32. The lowest BCUT2D eigenvalue weighted by molar-refractivity contribution is 0.183. The zero-order valence-corrected chi connectivity index (χ0v) is 14.0. The Morgan fingerprint density at radius 1 is 1.43 bits per heavy atom. The Morgan fingerprint density at radius 3 is 3.00 bits per heavy atom. The highest BCUT2D eigenvalue weighted by Crippen LogP contribution is 2.21. The molecule has 1 saturated heterocycles. The van der Waals surface area contributed by atoms with Gasteiger partial charge in [0.2, 0.25) is 0 Å². The molecule has 21 heavy (non-hydrogen) atoms. The zero-order valence-electron chi connectivity index (χ0n) is 12.5. The molecule has 2 heterocycles. The number of imidazole rings is 1. The molecule has 0 spiro atoms. The molecule has 4 nitrogen and oxygen atoms in total. The van der Waals surface area contributed by atoms with Crippen molar-refractivity contribution in [3.8, 4) is 0 Å². The Bertz CT molecular complexity index is 611. The van der Waals surface area contributed by atoms with E-state index < -0.39 is 0 Å². The number of likely N-dealkylation sites (tertiary alicyclic amines) is 1. The highest BCUT2D eigenvalue weighted by atomic mass is 35.5. The van der Waals surface area contributed by atoms with Crippen LogP contribution in [0.3, 0.4) is 0 Å². The summed E-state index contributed by atoms with van der Waals surface area (Å²) in [5, 5.41) is 4.15. The molecule has 1 fully saturated rings. The second-order valence-electron chi connectivity index (χ2n) is 5.58. The molecule has 2 aromatic rings. The average Bonchev–Trinajstić information content (AvgIpc) is 2.76. The molecule has 0 aliphatic carbocycles. The van der Waals surface area contributed by atoms with Gasteiger partial charge >= 0.3 is 0 Å². The molecule has 116 valence electrons. The van der Waals surface area contributed by atoms with E-state index in [-0.39, 0.29) is 12.4 Å². The minimum Gasteiger partial charge on any atom is -0.330 e. The maximum Gasteiger partial charge on any atom is 0.123 e. The van der Waals surface area contributed by atoms with Gasteiger partial charge in [0.1, 0.15) is 5.82 Å². The molecule has 1 aliphatic rings. The minimum atomic E-state index is 0. The molecule has 0 amide bonds. The van der Waals surface area contributed by atoms with Gasteiger partial charge in [0.25, 0.3) is 0 Å². The number of aryl methyl sites for hydroxylation is 1. The van der Waals surface area contributed by atoms with Crippen LogP contribution in [0.25, 0.3) is 11.0 Å². The summed E-state index contributed by atoms with van der Waals surface area (Å²) in [6, 6.07) is 6.49. The van der Waals surface area contributed by atoms with E-state index in [4.69, 9.17) is 16.6 Å². The summed E-state index contributed by atoms with van der Waals surface area (Å²) in [6.07, 6.45) is 2.52. The van der Waals surface area contributed by atoms with Gasteiger partial charge in [-0.05, 0) is 44.6 Å². The first-order chi connectivity index (χ1) is 9.67. The molecule has 0 saturated carbocycles. The first kappa shape index (κ1) is 16.6. The summed E-state index contributed by atoms with van der Waals surface area (Å²) in [5.74, 6) is 1.11. The van der Waals surface area contributed by atoms with Gasteiger partial charge in [-0.2, -0.15) is 0 Å². The third kappa shape index (κ3) is 3.51. The number of nitrogens with zero attached hydrogens (tertiary/aromatic N) is 3. The third-order valence-electron chi connectivity index (χ3n) is 4.21. The van der Waals surface area contributed by atoms with Crippen molar-refractivity contribution in [2.45, 2.75) is 25.4 Å². The van der Waals surface area contributed by atoms with Crippen molar-refractivity contribution in [1.82, 2.24) is 19.8 Å². The summed E-state index contributed by atoms with van der Waals surface area (Å²) in [4.78, 5) is 7.22. The van der Waals surface area contributed by atoms with Gasteiger partial charge in [-0.3, -0.25) is 4.90 Å². The topological polar surface area (TPSA) is 33.1 Å². The first-order valence-corrected chi connectivity index (χ1v) is 7.55. The van der Waals surface area contributed by atoms with Gasteiger partial charge in [0.05, 0.1) is 17.6 Å². The van der Waals surface area contributed by atoms with E-state index >= 15 is 0 Å². The van der Waals surface area contributed by atoms with Crippen LogP contribution in [0.5, 0.6) is 0 Å². The van der Waals surface area contributed by atoms with Crippen LogP contribution in [0.4, 0.5) is 0 Å². The van der Waals surface area contributed by atoms with Crippen molar-refractivity contribution in [2.75, 3.05) is 20.1 Å². The van der Waals surface area contributed by atoms with E-state index in [9.17, 15) is 0 Å².